The standard InChI is InChI=1S/C47H43N4O.Pt/c1-46(2,3)35-27-36(50-32-49(4)42-19-11-12-20-43(42)50)30-38(28-35)52-37-21-22-40-39-17-9-10-18-41(39)51(44(40)31-37)45-29-34(23-26-48-45)47(24-13-6-14-25-47)33-15-7-5-8-16-33;/h5,7-12,15-23,26-29,32H,6,13-14,24-25H2,1-4H3;/q-3;. The summed E-state index contributed by atoms with van der Waals surface area (Å²) in [6, 6.07) is 48.5. The molecule has 0 saturated heterocycles. The number of aromatic nitrogens is 2. The molecule has 0 spiro atoms. The van der Waals surface area contributed by atoms with Gasteiger partial charge < -0.3 is 19.1 Å². The van der Waals surface area contributed by atoms with Crippen LogP contribution in [0.15, 0.2) is 121 Å². The summed E-state index contributed by atoms with van der Waals surface area (Å²) in [7, 11) is 2.08. The van der Waals surface area contributed by atoms with Crippen molar-refractivity contribution in [2.45, 2.75) is 63.7 Å². The molecule has 5 nitrogen and oxygen atoms in total. The summed E-state index contributed by atoms with van der Waals surface area (Å²) in [5.74, 6) is 2.19. The molecule has 1 aliphatic carbocycles. The molecule has 0 radical (unpaired) electrons. The summed E-state index contributed by atoms with van der Waals surface area (Å²) in [4.78, 5) is 9.35. The maximum Gasteiger partial charge on any atom is 0.135 e. The first-order valence-corrected chi connectivity index (χ1v) is 18.5. The molecule has 270 valence electrons. The van der Waals surface area contributed by atoms with Crippen molar-refractivity contribution in [1.82, 2.24) is 9.55 Å². The van der Waals surface area contributed by atoms with Crippen molar-refractivity contribution in [3.05, 3.63) is 157 Å². The Bertz CT molecular complexity index is 2420. The van der Waals surface area contributed by atoms with Gasteiger partial charge in [0.05, 0.1) is 0 Å². The monoisotopic (exact) mass is 874 g/mol. The van der Waals surface area contributed by atoms with Gasteiger partial charge in [0, 0.05) is 61.1 Å². The number of nitrogens with zero attached hydrogens (tertiary/aromatic N) is 4. The third-order valence-corrected chi connectivity index (χ3v) is 11.1. The zero-order chi connectivity index (χ0) is 35.5. The van der Waals surface area contributed by atoms with Crippen LogP contribution in [0, 0.1) is 18.8 Å². The predicted molar refractivity (Wildman–Crippen MR) is 213 cm³/mol. The van der Waals surface area contributed by atoms with Gasteiger partial charge in [0.2, 0.25) is 0 Å². The third-order valence-electron chi connectivity index (χ3n) is 11.1. The van der Waals surface area contributed by atoms with Crippen molar-refractivity contribution < 1.29 is 25.8 Å². The summed E-state index contributed by atoms with van der Waals surface area (Å²) >= 11 is 0. The maximum atomic E-state index is 6.72. The largest absolute Gasteiger partial charge is 0.509 e. The van der Waals surface area contributed by atoms with Gasteiger partial charge >= 0.3 is 0 Å². The van der Waals surface area contributed by atoms with Crippen LogP contribution in [-0.4, -0.2) is 16.6 Å². The maximum absolute atomic E-state index is 6.72. The van der Waals surface area contributed by atoms with E-state index in [1.165, 1.54) is 41.3 Å². The summed E-state index contributed by atoms with van der Waals surface area (Å²) in [6.07, 6.45) is 8.01. The average molecular weight is 875 g/mol. The number of benzene rings is 5. The van der Waals surface area contributed by atoms with E-state index in [0.717, 1.165) is 52.1 Å². The van der Waals surface area contributed by atoms with Crippen LogP contribution in [0.4, 0.5) is 17.1 Å². The molecule has 2 aliphatic rings. The van der Waals surface area contributed by atoms with Gasteiger partial charge in [-0.2, -0.15) is 12.7 Å². The topological polar surface area (TPSA) is 33.5 Å². The van der Waals surface area contributed by atoms with Gasteiger partial charge in [-0.1, -0.05) is 106 Å². The summed E-state index contributed by atoms with van der Waals surface area (Å²) in [5, 5.41) is 2.28. The molecule has 0 unspecified atom stereocenters. The second-order valence-corrected chi connectivity index (χ2v) is 15.4. The quantitative estimate of drug-likeness (QED) is 0.156. The Morgan fingerprint density at radius 2 is 1.45 bits per heavy atom. The number of hydrogen-bond acceptors (Lipinski definition) is 4. The minimum Gasteiger partial charge on any atom is -0.509 e. The molecular formula is C47H43N4OPt-3. The molecule has 5 aromatic carbocycles. The normalized spacial score (nSPS) is 15.4. The first-order valence-electron chi connectivity index (χ1n) is 18.5. The van der Waals surface area contributed by atoms with Gasteiger partial charge in [-0.3, -0.25) is 0 Å². The van der Waals surface area contributed by atoms with E-state index < -0.39 is 0 Å². The van der Waals surface area contributed by atoms with E-state index in [4.69, 9.17) is 9.72 Å². The Balaban J connectivity index is 0.00000400. The van der Waals surface area contributed by atoms with Crippen LogP contribution >= 0.6 is 0 Å². The molecule has 0 bridgehead atoms. The van der Waals surface area contributed by atoms with E-state index >= 15 is 0 Å². The molecule has 1 aliphatic heterocycles. The Hall–Kier alpha value is -4.86. The Morgan fingerprint density at radius 3 is 2.25 bits per heavy atom. The second-order valence-electron chi connectivity index (χ2n) is 15.4. The van der Waals surface area contributed by atoms with Crippen molar-refractivity contribution in [1.29, 1.82) is 0 Å². The van der Waals surface area contributed by atoms with Crippen molar-refractivity contribution in [3.8, 4) is 17.3 Å². The molecule has 1 fully saturated rings. The minimum absolute atomic E-state index is 0. The first-order chi connectivity index (χ1) is 25.3. The molecule has 2 aromatic heterocycles. The number of pyridine rings is 1. The fourth-order valence-electron chi connectivity index (χ4n) is 8.39. The van der Waals surface area contributed by atoms with Crippen molar-refractivity contribution in [3.63, 3.8) is 0 Å². The molecule has 0 N–H and O–H groups in total. The van der Waals surface area contributed by atoms with Gasteiger partial charge in [-0.25, -0.2) is 4.98 Å². The smallest absolute Gasteiger partial charge is 0.135 e. The van der Waals surface area contributed by atoms with Crippen LogP contribution in [0.3, 0.4) is 0 Å². The van der Waals surface area contributed by atoms with Gasteiger partial charge in [-0.05, 0) is 72.1 Å². The van der Waals surface area contributed by atoms with E-state index in [9.17, 15) is 0 Å². The van der Waals surface area contributed by atoms with Crippen molar-refractivity contribution in [2.75, 3.05) is 16.8 Å². The fourth-order valence-corrected chi connectivity index (χ4v) is 8.39. The van der Waals surface area contributed by atoms with E-state index in [1.807, 2.05) is 12.3 Å². The number of ether oxygens (including phenoxy) is 1. The number of fused-ring (bicyclic) bond motifs is 4. The zero-order valence-electron chi connectivity index (χ0n) is 30.7. The first kappa shape index (κ1) is 35.2. The van der Waals surface area contributed by atoms with E-state index in [-0.39, 0.29) is 31.9 Å². The number of anilines is 3. The van der Waals surface area contributed by atoms with Gasteiger partial charge in [0.25, 0.3) is 0 Å². The molecule has 9 rings (SSSR count). The van der Waals surface area contributed by atoms with Crippen LogP contribution < -0.4 is 14.5 Å². The Labute approximate surface area is 327 Å². The molecule has 6 heteroatoms. The predicted octanol–water partition coefficient (Wildman–Crippen LogP) is 11.8. The molecule has 3 heterocycles. The zero-order valence-corrected chi connectivity index (χ0v) is 32.9. The van der Waals surface area contributed by atoms with E-state index in [1.54, 1.807) is 0 Å². The minimum atomic E-state index is -0.0979. The van der Waals surface area contributed by atoms with Gasteiger partial charge in [0.1, 0.15) is 5.82 Å². The third kappa shape index (κ3) is 6.23. The van der Waals surface area contributed by atoms with Gasteiger partial charge in [-0.15, -0.1) is 47.0 Å². The SMILES string of the molecule is CN1[CH-]N(c2[c-]c(Oc3[c-]c4c(cc3)c3ccccc3n4-c3cc(C4(c5ccccc5)CCCCC4)ccn3)cc(C(C)(C)C)c2)c2ccccc21.[Pt]. The van der Waals surface area contributed by atoms with Crippen LogP contribution in [0.25, 0.3) is 27.6 Å². The van der Waals surface area contributed by atoms with Crippen LogP contribution in [0.5, 0.6) is 11.5 Å². The van der Waals surface area contributed by atoms with Crippen molar-refractivity contribution in [2.24, 2.45) is 0 Å². The molecule has 1 saturated carbocycles. The fraction of sp³-hybridized carbons (Fsp3) is 0.234. The molecule has 0 atom stereocenters. The van der Waals surface area contributed by atoms with Crippen LogP contribution in [0.1, 0.15) is 69.6 Å². The molecule has 7 aromatic rings. The number of hydrogen-bond donors (Lipinski definition) is 0. The molecular weight excluding hydrogens is 832 g/mol. The summed E-state index contributed by atoms with van der Waals surface area (Å²) in [6.45, 7) is 8.81. The number of rotatable bonds is 6. The van der Waals surface area contributed by atoms with E-state index in [0.29, 0.717) is 11.5 Å². The molecule has 0 amide bonds. The van der Waals surface area contributed by atoms with Gasteiger partial charge in [0.15, 0.2) is 0 Å². The summed E-state index contributed by atoms with van der Waals surface area (Å²) < 4.78 is 8.98. The summed E-state index contributed by atoms with van der Waals surface area (Å²) in [5.41, 5.74) is 9.02. The molecule has 53 heavy (non-hydrogen) atoms. The van der Waals surface area contributed by atoms with E-state index in [2.05, 4.69) is 170 Å². The Morgan fingerprint density at radius 1 is 0.717 bits per heavy atom. The average Bonchev–Trinajstić information content (AvgIpc) is 3.69. The van der Waals surface area contributed by atoms with Crippen molar-refractivity contribution >= 4 is 38.9 Å². The Kier molecular flexibility index (Phi) is 9.19. The second kappa shape index (κ2) is 13.8. The number of para-hydroxylation sites is 3. The van der Waals surface area contributed by atoms with Crippen LogP contribution in [0.2, 0.25) is 0 Å². The van der Waals surface area contributed by atoms with Crippen LogP contribution in [-0.2, 0) is 31.9 Å².